The number of rotatable bonds is 3. The molecule has 0 N–H and O–H groups in total. The molecule has 0 spiro atoms. The molecule has 0 radical (unpaired) electrons. The van der Waals surface area contributed by atoms with Gasteiger partial charge in [0, 0.05) is 0 Å². The topological polar surface area (TPSA) is 63.4 Å². The number of anilines is 1. The average Bonchev–Trinajstić information content (AvgIpc) is 3.27. The first kappa shape index (κ1) is 16.3. The number of aromatic nitrogens is 3. The minimum Gasteiger partial charge on any atom is -0.268 e. The normalized spacial score (nSPS) is 17.4. The smallest absolute Gasteiger partial charge is 0.268 e. The van der Waals surface area contributed by atoms with Crippen molar-refractivity contribution in [1.29, 1.82) is 0 Å². The third-order valence-corrected chi connectivity index (χ3v) is 4.76. The molecule has 26 heavy (non-hydrogen) atoms. The van der Waals surface area contributed by atoms with Crippen LogP contribution in [-0.4, -0.2) is 25.9 Å². The second kappa shape index (κ2) is 6.97. The second-order valence-electron chi connectivity index (χ2n) is 5.72. The molecule has 0 aliphatic carbocycles. The Kier molecular flexibility index (Phi) is 4.37. The highest BCUT2D eigenvalue weighted by molar-refractivity contribution is 8.19. The van der Waals surface area contributed by atoms with Crippen molar-refractivity contribution in [1.82, 2.24) is 14.9 Å². The van der Waals surface area contributed by atoms with Crippen molar-refractivity contribution < 1.29 is 4.79 Å². The number of carbonyl (C=O) groups excluding carboxylic acids is 1. The lowest BCUT2D eigenvalue weighted by atomic mass is 10.1. The summed E-state index contributed by atoms with van der Waals surface area (Å²) in [5.74, 6) is -0.103. The molecule has 2 heterocycles. The molecule has 1 amide bonds. The minimum atomic E-state index is -0.103. The van der Waals surface area contributed by atoms with Crippen LogP contribution in [0.4, 0.5) is 5.69 Å². The van der Waals surface area contributed by atoms with Gasteiger partial charge in [0.2, 0.25) is 5.17 Å². The van der Waals surface area contributed by atoms with Gasteiger partial charge >= 0.3 is 0 Å². The van der Waals surface area contributed by atoms with E-state index in [2.05, 4.69) is 15.3 Å². The van der Waals surface area contributed by atoms with Crippen molar-refractivity contribution in [2.45, 2.75) is 6.92 Å². The van der Waals surface area contributed by atoms with Gasteiger partial charge in [-0.3, -0.25) is 9.69 Å². The molecule has 0 bridgehead atoms. The fourth-order valence-electron chi connectivity index (χ4n) is 2.51. The molecule has 2 aromatic carbocycles. The fourth-order valence-corrected chi connectivity index (χ4v) is 3.49. The lowest BCUT2D eigenvalue weighted by Gasteiger charge is -2.15. The van der Waals surface area contributed by atoms with Crippen LogP contribution in [-0.2, 0) is 4.79 Å². The summed E-state index contributed by atoms with van der Waals surface area (Å²) in [5, 5.41) is 12.5. The Balaban J connectivity index is 1.75. The Morgan fingerprint density at radius 3 is 2.38 bits per heavy atom. The summed E-state index contributed by atoms with van der Waals surface area (Å²) in [6, 6.07) is 17.5. The van der Waals surface area contributed by atoms with Crippen molar-refractivity contribution in [3.8, 4) is 0 Å². The molecule has 1 aromatic heterocycles. The molecule has 128 valence electrons. The van der Waals surface area contributed by atoms with E-state index in [1.54, 1.807) is 4.90 Å². The van der Waals surface area contributed by atoms with Gasteiger partial charge in [0.1, 0.15) is 12.7 Å². The van der Waals surface area contributed by atoms with Crippen LogP contribution in [0.3, 0.4) is 0 Å². The van der Waals surface area contributed by atoms with Gasteiger partial charge in [-0.1, -0.05) is 48.0 Å². The van der Waals surface area contributed by atoms with Gasteiger partial charge in [0.15, 0.2) is 0 Å². The molecule has 1 fully saturated rings. The molecule has 4 rings (SSSR count). The zero-order valence-corrected chi connectivity index (χ0v) is 14.8. The third kappa shape index (κ3) is 3.29. The first-order valence-electron chi connectivity index (χ1n) is 8.00. The van der Waals surface area contributed by atoms with Gasteiger partial charge in [0.25, 0.3) is 5.91 Å². The Labute approximate surface area is 154 Å². The van der Waals surface area contributed by atoms with E-state index in [-0.39, 0.29) is 5.91 Å². The van der Waals surface area contributed by atoms with Crippen LogP contribution < -0.4 is 4.90 Å². The maximum atomic E-state index is 13.0. The molecule has 0 unspecified atom stereocenters. The number of nitrogens with zero attached hydrogens (tertiary/aromatic N) is 5. The highest BCUT2D eigenvalue weighted by atomic mass is 32.2. The van der Waals surface area contributed by atoms with E-state index in [0.29, 0.717) is 10.1 Å². The summed E-state index contributed by atoms with van der Waals surface area (Å²) < 4.78 is 1.49. The van der Waals surface area contributed by atoms with Gasteiger partial charge in [-0.15, -0.1) is 15.3 Å². The zero-order chi connectivity index (χ0) is 17.9. The van der Waals surface area contributed by atoms with Crippen molar-refractivity contribution >= 4 is 34.6 Å². The predicted octanol–water partition coefficient (Wildman–Crippen LogP) is 3.53. The summed E-state index contributed by atoms with van der Waals surface area (Å²) in [6.45, 7) is 2.04. The number of hydrogen-bond donors (Lipinski definition) is 0. The molecular formula is C19H15N5OS. The lowest BCUT2D eigenvalue weighted by molar-refractivity contribution is -0.113. The molecular weight excluding hydrogens is 346 g/mol. The number of thioether (sulfide) groups is 1. The summed E-state index contributed by atoms with van der Waals surface area (Å²) in [5.41, 5.74) is 2.92. The Morgan fingerprint density at radius 2 is 1.69 bits per heavy atom. The van der Waals surface area contributed by atoms with Crippen LogP contribution in [0.2, 0.25) is 0 Å². The van der Waals surface area contributed by atoms with E-state index in [9.17, 15) is 4.79 Å². The van der Waals surface area contributed by atoms with Crippen LogP contribution in [0.1, 0.15) is 11.1 Å². The minimum absolute atomic E-state index is 0.103. The first-order valence-corrected chi connectivity index (χ1v) is 8.82. The zero-order valence-electron chi connectivity index (χ0n) is 14.0. The monoisotopic (exact) mass is 361 g/mol. The molecule has 0 atom stereocenters. The summed E-state index contributed by atoms with van der Waals surface area (Å²) in [7, 11) is 0. The molecule has 6 nitrogen and oxygen atoms in total. The number of amides is 1. The highest BCUT2D eigenvalue weighted by Crippen LogP contribution is 2.36. The largest absolute Gasteiger partial charge is 0.271 e. The number of carbonyl (C=O) groups is 1. The van der Waals surface area contributed by atoms with E-state index in [4.69, 9.17) is 0 Å². The molecule has 1 aliphatic rings. The van der Waals surface area contributed by atoms with Crippen molar-refractivity contribution in [3.63, 3.8) is 0 Å². The molecule has 1 aliphatic heterocycles. The van der Waals surface area contributed by atoms with Crippen LogP contribution in [0.25, 0.3) is 6.08 Å². The lowest BCUT2D eigenvalue weighted by Crippen LogP contribution is -2.29. The Hall–Kier alpha value is -3.19. The third-order valence-electron chi connectivity index (χ3n) is 3.80. The van der Waals surface area contributed by atoms with Crippen molar-refractivity contribution in [3.05, 3.63) is 83.3 Å². The maximum Gasteiger partial charge on any atom is 0.271 e. The van der Waals surface area contributed by atoms with E-state index in [1.165, 1.54) is 34.7 Å². The van der Waals surface area contributed by atoms with E-state index < -0.39 is 0 Å². The fraction of sp³-hybridized carbons (Fsp3) is 0.0526. The van der Waals surface area contributed by atoms with Crippen LogP contribution in [0.5, 0.6) is 0 Å². The molecule has 7 heteroatoms. The van der Waals surface area contributed by atoms with Crippen molar-refractivity contribution in [2.75, 3.05) is 4.90 Å². The highest BCUT2D eigenvalue weighted by Gasteiger charge is 2.35. The van der Waals surface area contributed by atoms with E-state index in [0.717, 1.165) is 11.3 Å². The number of para-hydroxylation sites is 1. The maximum absolute atomic E-state index is 13.0. The van der Waals surface area contributed by atoms with Gasteiger partial charge in [0.05, 0.1) is 10.6 Å². The number of aryl methyl sites for hydroxylation is 1. The predicted molar refractivity (Wildman–Crippen MR) is 104 cm³/mol. The van der Waals surface area contributed by atoms with Crippen molar-refractivity contribution in [2.24, 2.45) is 5.10 Å². The first-order chi connectivity index (χ1) is 12.7. The van der Waals surface area contributed by atoms with E-state index >= 15 is 0 Å². The Morgan fingerprint density at radius 1 is 1.00 bits per heavy atom. The Bertz CT molecular complexity index is 979. The van der Waals surface area contributed by atoms with Gasteiger partial charge in [-0.05, 0) is 42.5 Å². The standard InChI is InChI=1S/C19H15N5OS/c1-14-7-9-15(10-8-14)11-17-18(25)24(16-5-3-2-4-6-16)19(26-17)22-23-12-20-21-13-23/h2-13H,1H3/b17-11-,22-19+. The van der Waals surface area contributed by atoms with Crippen LogP contribution in [0.15, 0.2) is 77.3 Å². The van der Waals surface area contributed by atoms with Crippen LogP contribution in [0, 0.1) is 6.92 Å². The van der Waals surface area contributed by atoms with Gasteiger partial charge < -0.3 is 0 Å². The summed E-state index contributed by atoms with van der Waals surface area (Å²) in [6.07, 6.45) is 4.86. The second-order valence-corrected chi connectivity index (χ2v) is 6.73. The average molecular weight is 361 g/mol. The molecule has 0 saturated carbocycles. The molecule has 3 aromatic rings. The van der Waals surface area contributed by atoms with Gasteiger partial charge in [-0.2, -0.15) is 0 Å². The summed E-state index contributed by atoms with van der Waals surface area (Å²) in [4.78, 5) is 15.2. The number of hydrogen-bond acceptors (Lipinski definition) is 5. The van der Waals surface area contributed by atoms with Crippen LogP contribution >= 0.6 is 11.8 Å². The quantitative estimate of drug-likeness (QED) is 0.670. The number of benzene rings is 2. The van der Waals surface area contributed by atoms with Gasteiger partial charge in [-0.25, -0.2) is 4.68 Å². The summed E-state index contributed by atoms with van der Waals surface area (Å²) >= 11 is 1.33. The SMILES string of the molecule is Cc1ccc(/C=C2\S/C(=N/n3cnnc3)N(c3ccccc3)C2=O)cc1. The van der Waals surface area contributed by atoms with E-state index in [1.807, 2.05) is 67.6 Å². The molecule has 1 saturated heterocycles. The number of amidine groups is 1.